The summed E-state index contributed by atoms with van der Waals surface area (Å²) in [4.78, 5) is 11.2. The molecular weight excluding hydrogens is 309 g/mol. The average molecular weight is 321 g/mol. The molecule has 1 aliphatic heterocycles. The van der Waals surface area contributed by atoms with Crippen molar-refractivity contribution in [1.29, 1.82) is 0 Å². The summed E-state index contributed by atoms with van der Waals surface area (Å²) in [5.41, 5.74) is 0.525. The van der Waals surface area contributed by atoms with Gasteiger partial charge in [-0.1, -0.05) is 24.3 Å². The van der Waals surface area contributed by atoms with Gasteiger partial charge in [0.2, 0.25) is 0 Å². The molecule has 1 unspecified atom stereocenters. The molecule has 0 amide bonds. The van der Waals surface area contributed by atoms with Crippen molar-refractivity contribution in [3.8, 4) is 0 Å². The third-order valence-electron chi connectivity index (χ3n) is 3.53. The highest BCUT2D eigenvalue weighted by Gasteiger charge is 2.43. The number of halogens is 1. The van der Waals surface area contributed by atoms with Gasteiger partial charge in [-0.3, -0.25) is 9.10 Å². The SMILES string of the molecule is O=C(O)CC1c2ccccc2S(=O)(=O)N1c1cccc(F)c1. The van der Waals surface area contributed by atoms with Crippen LogP contribution in [0.4, 0.5) is 10.1 Å². The molecule has 0 fully saturated rings. The van der Waals surface area contributed by atoms with Gasteiger partial charge in [-0.2, -0.15) is 0 Å². The van der Waals surface area contributed by atoms with Gasteiger partial charge in [-0.25, -0.2) is 12.8 Å². The second-order valence-electron chi connectivity index (χ2n) is 4.93. The molecule has 114 valence electrons. The predicted molar refractivity (Wildman–Crippen MR) is 77.5 cm³/mol. The summed E-state index contributed by atoms with van der Waals surface area (Å²) in [7, 11) is -3.91. The number of anilines is 1. The van der Waals surface area contributed by atoms with Gasteiger partial charge in [-0.15, -0.1) is 0 Å². The summed E-state index contributed by atoms with van der Waals surface area (Å²) in [5, 5.41) is 9.09. The maximum absolute atomic E-state index is 13.5. The van der Waals surface area contributed by atoms with Gasteiger partial charge in [0, 0.05) is 0 Å². The van der Waals surface area contributed by atoms with Crippen molar-refractivity contribution < 1.29 is 22.7 Å². The largest absolute Gasteiger partial charge is 0.481 e. The summed E-state index contributed by atoms with van der Waals surface area (Å²) < 4.78 is 39.8. The zero-order valence-electron chi connectivity index (χ0n) is 11.3. The topological polar surface area (TPSA) is 74.7 Å². The summed E-state index contributed by atoms with van der Waals surface area (Å²) >= 11 is 0. The lowest BCUT2D eigenvalue weighted by Gasteiger charge is -2.24. The van der Waals surface area contributed by atoms with Gasteiger partial charge in [0.25, 0.3) is 10.0 Å². The lowest BCUT2D eigenvalue weighted by Crippen LogP contribution is -2.29. The minimum atomic E-state index is -3.91. The smallest absolute Gasteiger partial charge is 0.305 e. The molecule has 7 heteroatoms. The van der Waals surface area contributed by atoms with Crippen molar-refractivity contribution in [3.63, 3.8) is 0 Å². The van der Waals surface area contributed by atoms with E-state index in [1.54, 1.807) is 18.2 Å². The van der Waals surface area contributed by atoms with E-state index in [1.165, 1.54) is 24.3 Å². The minimum Gasteiger partial charge on any atom is -0.481 e. The Labute approximate surface area is 126 Å². The monoisotopic (exact) mass is 321 g/mol. The molecule has 2 aromatic rings. The molecule has 0 aromatic heterocycles. The Morgan fingerprint density at radius 2 is 1.91 bits per heavy atom. The first-order chi connectivity index (χ1) is 10.4. The van der Waals surface area contributed by atoms with E-state index in [0.717, 1.165) is 10.4 Å². The minimum absolute atomic E-state index is 0.0607. The number of carboxylic acid groups (broad SMARTS) is 1. The summed E-state index contributed by atoms with van der Waals surface area (Å²) in [6, 6.07) is 10.5. The number of aliphatic carboxylic acids is 1. The lowest BCUT2D eigenvalue weighted by atomic mass is 10.0. The molecular formula is C15H12FNO4S. The Morgan fingerprint density at radius 3 is 2.59 bits per heavy atom. The molecule has 0 radical (unpaired) electrons. The van der Waals surface area contributed by atoms with Crippen LogP contribution in [0.15, 0.2) is 53.4 Å². The zero-order valence-corrected chi connectivity index (χ0v) is 12.1. The van der Waals surface area contributed by atoms with Crippen LogP contribution >= 0.6 is 0 Å². The summed E-state index contributed by atoms with van der Waals surface area (Å²) in [5.74, 6) is -1.71. The van der Waals surface area contributed by atoms with E-state index in [4.69, 9.17) is 5.11 Å². The first kappa shape index (κ1) is 14.5. The standard InChI is InChI=1S/C15H12FNO4S/c16-10-4-3-5-11(8-10)17-13(9-15(18)19)12-6-1-2-7-14(12)22(17,20)21/h1-8,13H,9H2,(H,18,19). The van der Waals surface area contributed by atoms with E-state index in [2.05, 4.69) is 0 Å². The quantitative estimate of drug-likeness (QED) is 0.943. The average Bonchev–Trinajstić information content (AvgIpc) is 2.67. The molecule has 1 aliphatic rings. The lowest BCUT2D eigenvalue weighted by molar-refractivity contribution is -0.137. The predicted octanol–water partition coefficient (Wildman–Crippen LogP) is 2.55. The van der Waals surface area contributed by atoms with E-state index in [1.807, 2.05) is 0 Å². The van der Waals surface area contributed by atoms with E-state index >= 15 is 0 Å². The molecule has 0 aliphatic carbocycles. The van der Waals surface area contributed by atoms with E-state index in [0.29, 0.717) is 5.56 Å². The molecule has 0 saturated heterocycles. The molecule has 1 N–H and O–H groups in total. The van der Waals surface area contributed by atoms with E-state index in [-0.39, 0.29) is 10.6 Å². The second kappa shape index (κ2) is 5.10. The molecule has 0 saturated carbocycles. The number of nitrogens with zero attached hydrogens (tertiary/aromatic N) is 1. The van der Waals surface area contributed by atoms with Crippen molar-refractivity contribution in [3.05, 3.63) is 59.9 Å². The maximum Gasteiger partial charge on any atom is 0.305 e. The fourth-order valence-corrected chi connectivity index (χ4v) is 4.56. The summed E-state index contributed by atoms with van der Waals surface area (Å²) in [6.07, 6.45) is -0.396. The van der Waals surface area contributed by atoms with Crippen LogP contribution in [-0.2, 0) is 14.8 Å². The highest BCUT2D eigenvalue weighted by atomic mass is 32.2. The molecule has 5 nitrogen and oxygen atoms in total. The highest BCUT2D eigenvalue weighted by Crippen LogP contribution is 2.44. The molecule has 2 aromatic carbocycles. The van der Waals surface area contributed by atoms with Gasteiger partial charge in [0.05, 0.1) is 23.0 Å². The van der Waals surface area contributed by atoms with Crippen LogP contribution in [0.2, 0.25) is 0 Å². The van der Waals surface area contributed by atoms with Crippen LogP contribution in [-0.4, -0.2) is 19.5 Å². The fraction of sp³-hybridized carbons (Fsp3) is 0.133. The van der Waals surface area contributed by atoms with E-state index in [9.17, 15) is 17.6 Å². The first-order valence-corrected chi connectivity index (χ1v) is 7.96. The van der Waals surface area contributed by atoms with Crippen LogP contribution in [0, 0.1) is 5.82 Å². The number of hydrogen-bond acceptors (Lipinski definition) is 3. The molecule has 1 heterocycles. The van der Waals surface area contributed by atoms with Crippen LogP contribution in [0.25, 0.3) is 0 Å². The van der Waals surface area contributed by atoms with E-state index < -0.39 is 34.3 Å². The first-order valence-electron chi connectivity index (χ1n) is 6.52. The molecule has 0 spiro atoms. The Morgan fingerprint density at radius 1 is 1.18 bits per heavy atom. The van der Waals surface area contributed by atoms with Crippen LogP contribution in [0.3, 0.4) is 0 Å². The second-order valence-corrected chi connectivity index (χ2v) is 6.72. The molecule has 0 bridgehead atoms. The third kappa shape index (κ3) is 2.23. The van der Waals surface area contributed by atoms with Gasteiger partial charge < -0.3 is 5.11 Å². The van der Waals surface area contributed by atoms with Crippen LogP contribution in [0.1, 0.15) is 18.0 Å². The fourth-order valence-electron chi connectivity index (χ4n) is 2.68. The zero-order chi connectivity index (χ0) is 15.9. The van der Waals surface area contributed by atoms with Gasteiger partial charge >= 0.3 is 5.97 Å². The van der Waals surface area contributed by atoms with Crippen molar-refractivity contribution in [2.75, 3.05) is 4.31 Å². The van der Waals surface area contributed by atoms with Crippen LogP contribution in [0.5, 0.6) is 0 Å². The van der Waals surface area contributed by atoms with Gasteiger partial charge in [-0.05, 0) is 29.8 Å². The van der Waals surface area contributed by atoms with Crippen molar-refractivity contribution in [2.24, 2.45) is 0 Å². The van der Waals surface area contributed by atoms with Crippen molar-refractivity contribution in [1.82, 2.24) is 0 Å². The Hall–Kier alpha value is -2.41. The number of carboxylic acids is 1. The number of hydrogen-bond donors (Lipinski definition) is 1. The Balaban J connectivity index is 2.21. The third-order valence-corrected chi connectivity index (χ3v) is 5.44. The highest BCUT2D eigenvalue weighted by molar-refractivity contribution is 7.93. The van der Waals surface area contributed by atoms with Crippen molar-refractivity contribution >= 4 is 21.7 Å². The molecule has 22 heavy (non-hydrogen) atoms. The Kier molecular flexibility index (Phi) is 3.37. The van der Waals surface area contributed by atoms with Crippen molar-refractivity contribution in [2.45, 2.75) is 17.4 Å². The van der Waals surface area contributed by atoms with Crippen LogP contribution < -0.4 is 4.31 Å². The number of sulfonamides is 1. The van der Waals surface area contributed by atoms with Gasteiger partial charge in [0.15, 0.2) is 0 Å². The molecule has 3 rings (SSSR count). The normalized spacial score (nSPS) is 19.0. The van der Waals surface area contributed by atoms with Gasteiger partial charge in [0.1, 0.15) is 5.82 Å². The Bertz CT molecular complexity index is 850. The number of fused-ring (bicyclic) bond motifs is 1. The number of benzene rings is 2. The number of rotatable bonds is 3. The molecule has 1 atom stereocenters. The number of carbonyl (C=O) groups is 1. The maximum atomic E-state index is 13.5. The summed E-state index contributed by atoms with van der Waals surface area (Å²) in [6.45, 7) is 0.